The Kier molecular flexibility index (Phi) is 13.9. The van der Waals surface area contributed by atoms with E-state index in [1.807, 2.05) is 91.0 Å². The number of rotatable bonds is 16. The molecule has 4 aromatic carbocycles. The third-order valence-corrected chi connectivity index (χ3v) is 13.2. The van der Waals surface area contributed by atoms with Crippen LogP contribution in [-0.2, 0) is 56.4 Å². The predicted octanol–water partition coefficient (Wildman–Crippen LogP) is 7.05. The molecule has 0 aliphatic carbocycles. The summed E-state index contributed by atoms with van der Waals surface area (Å²) in [4.78, 5) is 67.0. The van der Waals surface area contributed by atoms with E-state index in [4.69, 9.17) is 35.6 Å². The summed E-state index contributed by atoms with van der Waals surface area (Å²) in [6.45, 7) is 7.88. The second-order valence-electron chi connectivity index (χ2n) is 16.6. The van der Waals surface area contributed by atoms with Crippen LogP contribution in [-0.4, -0.2) is 84.9 Å². The van der Waals surface area contributed by atoms with Crippen molar-refractivity contribution in [3.05, 3.63) is 160 Å². The number of carbonyl (C=O) groups is 4. The monoisotopic (exact) mass is 937 g/mol. The lowest BCUT2D eigenvalue weighted by atomic mass is 9.77. The summed E-state index contributed by atoms with van der Waals surface area (Å²) in [6.07, 6.45) is 0. The molecule has 3 atom stereocenters. The molecule has 7 rings (SSSR count). The highest BCUT2D eigenvalue weighted by Gasteiger charge is 2.57. The Morgan fingerprint density at radius 2 is 1.45 bits per heavy atom. The summed E-state index contributed by atoms with van der Waals surface area (Å²) in [5, 5.41) is 11.4. The number of methoxy groups -OCH3 is 1. The third kappa shape index (κ3) is 9.99. The van der Waals surface area contributed by atoms with Gasteiger partial charge in [0.05, 0.1) is 23.7 Å². The molecule has 17 heteroatoms. The van der Waals surface area contributed by atoms with Gasteiger partial charge in [-0.1, -0.05) is 108 Å². The number of amides is 2. The SMILES string of the molecule is COc1ccc(COC(=O)C2=C(CCl)CS(=O)[C@H]3C(NC(=O)/C(=N\OC(C)(C)C(=O)OC(C)(C)C)c4csc(NC(c5ccccc5)(c5ccccc5)c5ccccc5)n4)C(=O)N23)cc1. The maximum absolute atomic E-state index is 14.5. The Labute approximate surface area is 388 Å². The number of hydrogen-bond donors (Lipinski definition) is 2. The minimum absolute atomic E-state index is 0.0404. The molecule has 1 aromatic heterocycles. The van der Waals surface area contributed by atoms with E-state index in [2.05, 4.69) is 15.8 Å². The molecule has 0 radical (unpaired) electrons. The number of aromatic nitrogens is 1. The van der Waals surface area contributed by atoms with Gasteiger partial charge in [0, 0.05) is 11.3 Å². The largest absolute Gasteiger partial charge is 0.497 e. The molecule has 338 valence electrons. The molecule has 2 aliphatic heterocycles. The van der Waals surface area contributed by atoms with Gasteiger partial charge in [0.25, 0.3) is 11.8 Å². The highest BCUT2D eigenvalue weighted by atomic mass is 35.5. The van der Waals surface area contributed by atoms with Crippen LogP contribution in [0, 0.1) is 0 Å². The Balaban J connectivity index is 1.20. The Bertz CT molecular complexity index is 2540. The number of thiazole rings is 1. The second-order valence-corrected chi connectivity index (χ2v) is 19.3. The number of esters is 2. The summed E-state index contributed by atoms with van der Waals surface area (Å²) < 4.78 is 30.1. The van der Waals surface area contributed by atoms with Gasteiger partial charge >= 0.3 is 11.9 Å². The molecular weight excluding hydrogens is 890 g/mol. The van der Waals surface area contributed by atoms with Gasteiger partial charge < -0.3 is 29.7 Å². The quantitative estimate of drug-likeness (QED) is 0.0259. The smallest absolute Gasteiger partial charge is 0.355 e. The molecule has 1 saturated heterocycles. The van der Waals surface area contributed by atoms with Crippen LogP contribution in [0.2, 0.25) is 0 Å². The van der Waals surface area contributed by atoms with E-state index >= 15 is 0 Å². The molecule has 2 aliphatic rings. The van der Waals surface area contributed by atoms with Crippen LogP contribution < -0.4 is 15.4 Å². The minimum Gasteiger partial charge on any atom is -0.497 e. The molecule has 0 saturated carbocycles. The van der Waals surface area contributed by atoms with Crippen molar-refractivity contribution in [3.63, 3.8) is 0 Å². The highest BCUT2D eigenvalue weighted by Crippen LogP contribution is 2.41. The van der Waals surface area contributed by atoms with Crippen LogP contribution in [0.25, 0.3) is 0 Å². The fourth-order valence-electron chi connectivity index (χ4n) is 7.28. The molecule has 2 unspecified atom stereocenters. The van der Waals surface area contributed by atoms with Gasteiger partial charge in [0.2, 0.25) is 5.60 Å². The van der Waals surface area contributed by atoms with Gasteiger partial charge in [-0.3, -0.25) is 18.7 Å². The Morgan fingerprint density at radius 3 is 1.97 bits per heavy atom. The molecule has 0 bridgehead atoms. The fraction of sp³-hybridized carbons (Fsp3) is 0.292. The van der Waals surface area contributed by atoms with Gasteiger partial charge in [0.1, 0.15) is 46.3 Å². The Morgan fingerprint density at radius 1 is 0.877 bits per heavy atom. The first-order valence-electron chi connectivity index (χ1n) is 20.6. The molecule has 65 heavy (non-hydrogen) atoms. The number of carbonyl (C=O) groups excluding carboxylic acids is 4. The maximum atomic E-state index is 14.5. The summed E-state index contributed by atoms with van der Waals surface area (Å²) in [6, 6.07) is 35.1. The third-order valence-electron chi connectivity index (χ3n) is 10.5. The zero-order valence-corrected chi connectivity index (χ0v) is 38.9. The molecule has 0 spiro atoms. The summed E-state index contributed by atoms with van der Waals surface area (Å²) in [5.74, 6) is -2.93. The van der Waals surface area contributed by atoms with Crippen molar-refractivity contribution < 1.29 is 42.4 Å². The standard InChI is InChI=1S/C48H48ClN5O9S2/c1-46(2,3)62-44(58)47(4,5)63-53-37(36-28-64-45(50-36)52-48(32-16-10-7-11-17-32,33-18-12-8-13-19-33)34-20-14-9-15-21-34)40(55)51-38-41(56)54-39(31(26-49)29-65(59)42(38)54)43(57)61-27-30-22-24-35(60-6)25-23-30/h7-25,28,38,42H,26-27,29H2,1-6H3,(H,50,52)(H,51,55)/b53-37-/t38?,42-,65?/m0/s1. The van der Waals surface area contributed by atoms with E-state index < -0.39 is 62.7 Å². The Hall–Kier alpha value is -6.36. The van der Waals surface area contributed by atoms with Crippen molar-refractivity contribution in [1.82, 2.24) is 15.2 Å². The first kappa shape index (κ1) is 46.6. The fourth-order valence-corrected chi connectivity index (χ4v) is 10.0. The van der Waals surface area contributed by atoms with Gasteiger partial charge in [-0.05, 0) is 74.6 Å². The summed E-state index contributed by atoms with van der Waals surface area (Å²) in [7, 11) is -0.252. The number of anilines is 1. The van der Waals surface area contributed by atoms with Gasteiger partial charge in [-0.15, -0.1) is 22.9 Å². The average Bonchev–Trinajstić information content (AvgIpc) is 3.77. The number of benzene rings is 4. The highest BCUT2D eigenvalue weighted by molar-refractivity contribution is 7.86. The number of oxime groups is 1. The lowest BCUT2D eigenvalue weighted by molar-refractivity contribution is -0.179. The number of ether oxygens (including phenoxy) is 3. The van der Waals surface area contributed by atoms with Crippen LogP contribution in [0.5, 0.6) is 5.75 Å². The molecular formula is C48H48ClN5O9S2. The van der Waals surface area contributed by atoms with Crippen molar-refractivity contribution in [2.45, 2.75) is 69.4 Å². The number of fused-ring (bicyclic) bond motifs is 1. The number of hydrogen-bond acceptors (Lipinski definition) is 13. The van der Waals surface area contributed by atoms with Crippen molar-refractivity contribution in [2.24, 2.45) is 5.16 Å². The number of nitrogens with one attached hydrogen (secondary N) is 2. The van der Waals surface area contributed by atoms with Gasteiger partial charge in [0.15, 0.2) is 10.8 Å². The molecule has 3 heterocycles. The second kappa shape index (κ2) is 19.4. The molecule has 2 amide bonds. The van der Waals surface area contributed by atoms with Gasteiger partial charge in [-0.2, -0.15) is 0 Å². The number of halogens is 1. The zero-order chi connectivity index (χ0) is 46.5. The van der Waals surface area contributed by atoms with Crippen LogP contribution in [0.1, 0.15) is 62.6 Å². The van der Waals surface area contributed by atoms with Crippen LogP contribution in [0.3, 0.4) is 0 Å². The van der Waals surface area contributed by atoms with Crippen molar-refractivity contribution >= 4 is 68.3 Å². The zero-order valence-electron chi connectivity index (χ0n) is 36.5. The first-order valence-corrected chi connectivity index (χ1v) is 23.4. The van der Waals surface area contributed by atoms with Gasteiger partial charge in [-0.25, -0.2) is 14.6 Å². The van der Waals surface area contributed by atoms with Crippen molar-refractivity contribution in [3.8, 4) is 5.75 Å². The minimum atomic E-state index is -1.79. The molecule has 1 fully saturated rings. The van der Waals surface area contributed by atoms with Crippen LogP contribution >= 0.6 is 22.9 Å². The van der Waals surface area contributed by atoms with E-state index in [-0.39, 0.29) is 40.9 Å². The normalized spacial score (nSPS) is 17.6. The van der Waals surface area contributed by atoms with E-state index in [0.717, 1.165) is 21.6 Å². The van der Waals surface area contributed by atoms with Crippen LogP contribution in [0.4, 0.5) is 5.13 Å². The van der Waals surface area contributed by atoms with Crippen molar-refractivity contribution in [2.75, 3.05) is 24.1 Å². The molecule has 14 nitrogen and oxygen atoms in total. The number of β-lactam (4-membered cyclic amide) rings is 1. The van der Waals surface area contributed by atoms with Crippen LogP contribution in [0.15, 0.2) is 137 Å². The first-order chi connectivity index (χ1) is 31.1. The molecule has 5 aromatic rings. The van der Waals surface area contributed by atoms with E-state index in [0.29, 0.717) is 16.4 Å². The number of nitrogens with zero attached hydrogens (tertiary/aromatic N) is 3. The number of alkyl halides is 1. The lowest BCUT2D eigenvalue weighted by Crippen LogP contribution is -2.74. The summed E-state index contributed by atoms with van der Waals surface area (Å²) >= 11 is 7.42. The van der Waals surface area contributed by atoms with Crippen molar-refractivity contribution in [1.29, 1.82) is 0 Å². The van der Waals surface area contributed by atoms with E-state index in [1.165, 1.54) is 32.3 Å². The average molecular weight is 939 g/mol. The summed E-state index contributed by atoms with van der Waals surface area (Å²) in [5.41, 5.74) is -0.327. The lowest BCUT2D eigenvalue weighted by Gasteiger charge is -2.49. The van der Waals surface area contributed by atoms with E-state index in [9.17, 15) is 23.4 Å². The molecule has 2 N–H and O–H groups in total. The topological polar surface area (TPSA) is 175 Å². The predicted molar refractivity (Wildman–Crippen MR) is 249 cm³/mol. The maximum Gasteiger partial charge on any atom is 0.355 e. The van der Waals surface area contributed by atoms with E-state index in [1.54, 1.807) is 50.4 Å².